The minimum atomic E-state index is -0.975. The third-order valence-corrected chi connectivity index (χ3v) is 6.12. The molecule has 5 heteroatoms. The number of aliphatic hydroxyl groups is 2. The van der Waals surface area contributed by atoms with Crippen LogP contribution in [-0.2, 0) is 9.59 Å². The van der Waals surface area contributed by atoms with Crippen LogP contribution in [-0.4, -0.2) is 39.3 Å². The van der Waals surface area contributed by atoms with Crippen molar-refractivity contribution in [1.29, 1.82) is 0 Å². The summed E-state index contributed by atoms with van der Waals surface area (Å²) in [5.74, 6) is -0.522. The van der Waals surface area contributed by atoms with Crippen LogP contribution in [0, 0.1) is 23.7 Å². The van der Waals surface area contributed by atoms with Gasteiger partial charge in [-0.3, -0.25) is 4.79 Å². The summed E-state index contributed by atoms with van der Waals surface area (Å²) in [7, 11) is 0. The molecule has 0 heterocycles. The largest absolute Gasteiger partial charge is 0.478 e. The fraction of sp³-hybridized carbons (Fsp3) is 0.652. The number of rotatable bonds is 10. The lowest BCUT2D eigenvalue weighted by molar-refractivity contribution is -0.131. The summed E-state index contributed by atoms with van der Waals surface area (Å²) in [6.07, 6.45) is 15.6. The van der Waals surface area contributed by atoms with Gasteiger partial charge in [0.1, 0.15) is 5.78 Å². The molecule has 0 saturated heterocycles. The Morgan fingerprint density at radius 3 is 2.75 bits per heavy atom. The third-order valence-electron chi connectivity index (χ3n) is 6.12. The Morgan fingerprint density at radius 1 is 1.25 bits per heavy atom. The predicted molar refractivity (Wildman–Crippen MR) is 109 cm³/mol. The maximum atomic E-state index is 12.3. The molecule has 2 rings (SSSR count). The monoisotopic (exact) mass is 390 g/mol. The van der Waals surface area contributed by atoms with E-state index < -0.39 is 18.2 Å². The smallest absolute Gasteiger partial charge is 0.327 e. The zero-order chi connectivity index (χ0) is 20.5. The second-order valence-corrected chi connectivity index (χ2v) is 8.21. The van der Waals surface area contributed by atoms with Crippen molar-refractivity contribution >= 4 is 11.8 Å². The summed E-state index contributed by atoms with van der Waals surface area (Å²) in [5, 5.41) is 29.3. The third kappa shape index (κ3) is 6.71. The summed E-state index contributed by atoms with van der Waals surface area (Å²) in [6.45, 7) is 2.19. The highest BCUT2D eigenvalue weighted by Crippen LogP contribution is 2.37. The second-order valence-electron chi connectivity index (χ2n) is 8.21. The quantitative estimate of drug-likeness (QED) is 0.391. The molecule has 2 unspecified atom stereocenters. The van der Waals surface area contributed by atoms with Crippen LogP contribution in [0.2, 0.25) is 0 Å². The van der Waals surface area contributed by atoms with E-state index in [1.165, 1.54) is 19.3 Å². The van der Waals surface area contributed by atoms with E-state index in [2.05, 4.69) is 6.92 Å². The molecule has 28 heavy (non-hydrogen) atoms. The topological polar surface area (TPSA) is 94.8 Å². The highest BCUT2D eigenvalue weighted by molar-refractivity contribution is 5.86. The van der Waals surface area contributed by atoms with Gasteiger partial charge in [0, 0.05) is 24.3 Å². The van der Waals surface area contributed by atoms with Crippen LogP contribution in [0.4, 0.5) is 0 Å². The fourth-order valence-electron chi connectivity index (χ4n) is 4.61. The number of aliphatic carboxylic acids is 1. The molecule has 2 aliphatic rings. The minimum Gasteiger partial charge on any atom is -0.478 e. The van der Waals surface area contributed by atoms with Crippen LogP contribution >= 0.6 is 0 Å². The van der Waals surface area contributed by atoms with E-state index in [9.17, 15) is 19.8 Å². The first-order chi connectivity index (χ1) is 13.4. The molecule has 5 nitrogen and oxygen atoms in total. The Balaban J connectivity index is 1.88. The van der Waals surface area contributed by atoms with Crippen molar-refractivity contribution in [1.82, 2.24) is 0 Å². The summed E-state index contributed by atoms with van der Waals surface area (Å²) in [5.41, 5.74) is 0. The zero-order valence-electron chi connectivity index (χ0n) is 16.7. The van der Waals surface area contributed by atoms with Crippen molar-refractivity contribution in [2.75, 3.05) is 0 Å². The van der Waals surface area contributed by atoms with Gasteiger partial charge in [0.2, 0.25) is 0 Å². The van der Waals surface area contributed by atoms with E-state index in [1.807, 2.05) is 12.2 Å². The number of carbonyl (C=O) groups is 2. The summed E-state index contributed by atoms with van der Waals surface area (Å²) in [6, 6.07) is 0. The van der Waals surface area contributed by atoms with Gasteiger partial charge in [0.15, 0.2) is 0 Å². The highest BCUT2D eigenvalue weighted by atomic mass is 16.4. The molecule has 0 aromatic carbocycles. The molecule has 156 valence electrons. The van der Waals surface area contributed by atoms with Crippen molar-refractivity contribution in [3.63, 3.8) is 0 Å². The number of carboxylic acid groups (broad SMARTS) is 1. The molecule has 6 atom stereocenters. The lowest BCUT2D eigenvalue weighted by Crippen LogP contribution is -2.20. The number of aliphatic hydroxyl groups excluding tert-OH is 2. The second kappa shape index (κ2) is 11.3. The lowest BCUT2D eigenvalue weighted by Gasteiger charge is -2.18. The van der Waals surface area contributed by atoms with E-state index in [4.69, 9.17) is 5.11 Å². The zero-order valence-corrected chi connectivity index (χ0v) is 16.7. The SMILES string of the molecule is CCCC1CCC([C@H](O)C=C[C@H]2C(=O)C[C@H](O)[C@@H]2CC=CCC=CC(=O)O)C1. The maximum absolute atomic E-state index is 12.3. The molecular formula is C23H34O5. The van der Waals surface area contributed by atoms with E-state index >= 15 is 0 Å². The normalized spacial score (nSPS) is 32.2. The number of ketones is 1. The minimum absolute atomic E-state index is 0.0235. The van der Waals surface area contributed by atoms with Gasteiger partial charge in [-0.2, -0.15) is 0 Å². The van der Waals surface area contributed by atoms with Crippen molar-refractivity contribution < 1.29 is 24.9 Å². The van der Waals surface area contributed by atoms with Crippen molar-refractivity contribution in [2.45, 2.75) is 70.5 Å². The molecule has 2 saturated carbocycles. The molecule has 0 aliphatic heterocycles. The van der Waals surface area contributed by atoms with E-state index in [-0.39, 0.29) is 30.0 Å². The van der Waals surface area contributed by atoms with Gasteiger partial charge in [-0.1, -0.05) is 56.6 Å². The summed E-state index contributed by atoms with van der Waals surface area (Å²) < 4.78 is 0. The van der Waals surface area contributed by atoms with Gasteiger partial charge in [-0.25, -0.2) is 4.79 Å². The van der Waals surface area contributed by atoms with Gasteiger partial charge >= 0.3 is 5.97 Å². The van der Waals surface area contributed by atoms with Crippen LogP contribution in [0.5, 0.6) is 0 Å². The molecule has 0 spiro atoms. The molecule has 0 aromatic heterocycles. The number of hydrogen-bond acceptors (Lipinski definition) is 4. The number of Topliss-reactive ketones (excluding diaryl/α,β-unsaturated/α-hetero) is 1. The van der Waals surface area contributed by atoms with Gasteiger partial charge in [-0.05, 0) is 37.5 Å². The number of carboxylic acids is 1. The van der Waals surface area contributed by atoms with Crippen LogP contribution < -0.4 is 0 Å². The Labute approximate surface area is 167 Å². The van der Waals surface area contributed by atoms with Crippen LogP contribution in [0.15, 0.2) is 36.5 Å². The lowest BCUT2D eigenvalue weighted by atomic mass is 9.89. The van der Waals surface area contributed by atoms with Crippen molar-refractivity contribution in [3.05, 3.63) is 36.5 Å². The average molecular weight is 391 g/mol. The predicted octanol–water partition coefficient (Wildman–Crippen LogP) is 3.66. The molecule has 2 fully saturated rings. The average Bonchev–Trinajstić information content (AvgIpc) is 3.21. The Bertz CT molecular complexity index is 606. The van der Waals surface area contributed by atoms with Gasteiger partial charge < -0.3 is 15.3 Å². The van der Waals surface area contributed by atoms with Crippen LogP contribution in [0.25, 0.3) is 0 Å². The Morgan fingerprint density at radius 2 is 2.04 bits per heavy atom. The van der Waals surface area contributed by atoms with Crippen LogP contribution in [0.1, 0.15) is 58.3 Å². The number of hydrogen-bond donors (Lipinski definition) is 3. The maximum Gasteiger partial charge on any atom is 0.327 e. The highest BCUT2D eigenvalue weighted by Gasteiger charge is 2.39. The molecule has 0 amide bonds. The van der Waals surface area contributed by atoms with E-state index in [1.54, 1.807) is 18.2 Å². The molecule has 3 N–H and O–H groups in total. The first-order valence-corrected chi connectivity index (χ1v) is 10.5. The molecule has 2 aliphatic carbocycles. The molecule has 0 radical (unpaired) electrons. The number of carbonyl (C=O) groups excluding carboxylic acids is 1. The summed E-state index contributed by atoms with van der Waals surface area (Å²) in [4.78, 5) is 22.7. The number of allylic oxidation sites excluding steroid dienone is 4. The van der Waals surface area contributed by atoms with Gasteiger partial charge in [-0.15, -0.1) is 0 Å². The molecule has 0 bridgehead atoms. The van der Waals surface area contributed by atoms with Crippen molar-refractivity contribution in [2.24, 2.45) is 23.7 Å². The fourth-order valence-corrected chi connectivity index (χ4v) is 4.61. The first kappa shape index (κ1) is 22.6. The first-order valence-electron chi connectivity index (χ1n) is 10.5. The Hall–Kier alpha value is -1.72. The van der Waals surface area contributed by atoms with Crippen molar-refractivity contribution in [3.8, 4) is 0 Å². The standard InChI is InChI=1S/C23H34O5/c1-2-7-16-10-11-17(14-16)20(24)13-12-19-18(21(25)15-22(19)26)8-5-3-4-6-9-23(27)28/h3,5-6,9,12-13,16-21,24-25H,2,4,7-8,10-11,14-15H2,1H3,(H,27,28)/t16?,17?,18-,19-,20-,21+/m1/s1. The van der Waals surface area contributed by atoms with Gasteiger partial charge in [0.05, 0.1) is 12.2 Å². The van der Waals surface area contributed by atoms with Gasteiger partial charge in [0.25, 0.3) is 0 Å². The van der Waals surface area contributed by atoms with Crippen LogP contribution in [0.3, 0.4) is 0 Å². The Kier molecular flexibility index (Phi) is 9.13. The van der Waals surface area contributed by atoms with E-state index in [0.29, 0.717) is 18.8 Å². The van der Waals surface area contributed by atoms with E-state index in [0.717, 1.165) is 18.9 Å². The molecule has 0 aromatic rings. The summed E-state index contributed by atoms with van der Waals surface area (Å²) >= 11 is 0. The molecular weight excluding hydrogens is 356 g/mol.